The number of carbonyl (C=O) groups is 1. The van der Waals surface area contributed by atoms with Crippen LogP contribution in [0.25, 0.3) is 0 Å². The van der Waals surface area contributed by atoms with Crippen molar-refractivity contribution in [2.75, 3.05) is 0 Å². The summed E-state index contributed by atoms with van der Waals surface area (Å²) in [4.78, 5) is 16.0. The number of hydrogen-bond donors (Lipinski definition) is 1. The fourth-order valence-electron chi connectivity index (χ4n) is 1.75. The second kappa shape index (κ2) is 6.99. The average molecular weight is 265 g/mol. The molecule has 0 bridgehead atoms. The lowest BCUT2D eigenvalue weighted by molar-refractivity contribution is 0.0954. The van der Waals surface area contributed by atoms with E-state index in [1.807, 2.05) is 30.3 Å². The van der Waals surface area contributed by atoms with Crippen LogP contribution in [0.5, 0.6) is 0 Å². The number of rotatable bonds is 5. The lowest BCUT2D eigenvalue weighted by atomic mass is 10.0. The van der Waals surface area contributed by atoms with Gasteiger partial charge < -0.3 is 0 Å². The minimum Gasteiger partial charge on any atom is -0.267 e. The van der Waals surface area contributed by atoms with Gasteiger partial charge in [-0.15, -0.1) is 6.58 Å². The molecule has 1 aromatic heterocycles. The van der Waals surface area contributed by atoms with Gasteiger partial charge in [-0.1, -0.05) is 30.3 Å². The second-order valence-corrected chi connectivity index (χ2v) is 4.14. The van der Waals surface area contributed by atoms with Crippen molar-refractivity contribution < 1.29 is 4.79 Å². The Labute approximate surface area is 117 Å². The third-order valence-corrected chi connectivity index (χ3v) is 2.69. The highest BCUT2D eigenvalue weighted by atomic mass is 16.2. The summed E-state index contributed by atoms with van der Waals surface area (Å²) in [6.45, 7) is 3.69. The first-order valence-corrected chi connectivity index (χ1v) is 6.23. The number of allylic oxidation sites excluding steroid dienone is 1. The first kappa shape index (κ1) is 13.7. The number of nitrogens with one attached hydrogen (secondary N) is 1. The van der Waals surface area contributed by atoms with Crippen LogP contribution in [0.3, 0.4) is 0 Å². The van der Waals surface area contributed by atoms with Crippen LogP contribution in [-0.2, 0) is 6.42 Å². The van der Waals surface area contributed by atoms with Gasteiger partial charge in [0.2, 0.25) is 0 Å². The van der Waals surface area contributed by atoms with Gasteiger partial charge in [-0.05, 0) is 24.1 Å². The molecule has 2 rings (SSSR count). The summed E-state index contributed by atoms with van der Waals surface area (Å²) in [6.07, 6.45) is 7.32. The molecule has 0 saturated heterocycles. The van der Waals surface area contributed by atoms with Crippen LogP contribution < -0.4 is 5.43 Å². The molecule has 0 aliphatic heterocycles. The van der Waals surface area contributed by atoms with Gasteiger partial charge >= 0.3 is 0 Å². The van der Waals surface area contributed by atoms with Crippen LogP contribution in [0.1, 0.15) is 21.5 Å². The number of hydrogen-bond acceptors (Lipinski definition) is 3. The van der Waals surface area contributed by atoms with E-state index in [0.29, 0.717) is 12.0 Å². The van der Waals surface area contributed by atoms with Gasteiger partial charge in [0.05, 0.1) is 6.21 Å². The first-order valence-electron chi connectivity index (χ1n) is 6.23. The van der Waals surface area contributed by atoms with Gasteiger partial charge in [-0.2, -0.15) is 5.10 Å². The minimum absolute atomic E-state index is 0.234. The molecule has 0 unspecified atom stereocenters. The predicted octanol–water partition coefficient (Wildman–Crippen LogP) is 2.57. The number of hydrazone groups is 1. The highest BCUT2D eigenvalue weighted by molar-refractivity contribution is 5.96. The van der Waals surface area contributed by atoms with Gasteiger partial charge in [0, 0.05) is 23.5 Å². The lowest BCUT2D eigenvalue weighted by Gasteiger charge is -2.05. The van der Waals surface area contributed by atoms with E-state index in [2.05, 4.69) is 22.1 Å². The van der Waals surface area contributed by atoms with Gasteiger partial charge in [0.1, 0.15) is 0 Å². The Morgan fingerprint density at radius 3 is 2.90 bits per heavy atom. The first-order chi connectivity index (χ1) is 9.81. The van der Waals surface area contributed by atoms with Crippen LogP contribution in [-0.4, -0.2) is 17.1 Å². The standard InChI is InChI=1S/C16H15N3O/c1-2-6-14-8-3-4-9-15(14)16(20)19-18-12-13-7-5-10-17-11-13/h2-5,7-12H,1,6H2,(H,19,20)/b18-12+. The number of amides is 1. The molecule has 2 aromatic rings. The molecule has 0 aliphatic carbocycles. The summed E-state index contributed by atoms with van der Waals surface area (Å²) in [7, 11) is 0. The zero-order valence-electron chi connectivity index (χ0n) is 11.0. The third kappa shape index (κ3) is 3.62. The summed E-state index contributed by atoms with van der Waals surface area (Å²) in [6, 6.07) is 11.1. The fraction of sp³-hybridized carbons (Fsp3) is 0.0625. The summed E-state index contributed by atoms with van der Waals surface area (Å²) < 4.78 is 0. The smallest absolute Gasteiger partial charge is 0.267 e. The zero-order chi connectivity index (χ0) is 14.2. The summed E-state index contributed by atoms with van der Waals surface area (Å²) >= 11 is 0. The van der Waals surface area contributed by atoms with Crippen molar-refractivity contribution in [2.24, 2.45) is 5.10 Å². The number of benzene rings is 1. The van der Waals surface area contributed by atoms with E-state index in [9.17, 15) is 4.79 Å². The Hall–Kier alpha value is -2.75. The Balaban J connectivity index is 2.05. The van der Waals surface area contributed by atoms with Gasteiger partial charge in [0.25, 0.3) is 5.91 Å². The molecule has 0 aliphatic rings. The molecule has 4 nitrogen and oxygen atoms in total. The highest BCUT2D eigenvalue weighted by Crippen LogP contribution is 2.09. The largest absolute Gasteiger partial charge is 0.271 e. The molecule has 20 heavy (non-hydrogen) atoms. The molecule has 1 aromatic carbocycles. The van der Waals surface area contributed by atoms with Crippen molar-refractivity contribution in [1.82, 2.24) is 10.4 Å². The quantitative estimate of drug-likeness (QED) is 0.513. The van der Waals surface area contributed by atoms with E-state index in [4.69, 9.17) is 0 Å². The predicted molar refractivity (Wildman–Crippen MR) is 79.6 cm³/mol. The van der Waals surface area contributed by atoms with Gasteiger partial charge in [-0.3, -0.25) is 9.78 Å². The molecule has 0 fully saturated rings. The Morgan fingerprint density at radius 2 is 2.15 bits per heavy atom. The number of aromatic nitrogens is 1. The molecule has 1 heterocycles. The Kier molecular flexibility index (Phi) is 4.78. The Bertz CT molecular complexity index is 621. The molecular weight excluding hydrogens is 250 g/mol. The Morgan fingerprint density at radius 1 is 1.30 bits per heavy atom. The van der Waals surface area contributed by atoms with Crippen molar-refractivity contribution in [3.8, 4) is 0 Å². The zero-order valence-corrected chi connectivity index (χ0v) is 11.0. The van der Waals surface area contributed by atoms with E-state index in [-0.39, 0.29) is 5.91 Å². The molecule has 4 heteroatoms. The fourth-order valence-corrected chi connectivity index (χ4v) is 1.75. The summed E-state index contributed by atoms with van der Waals surface area (Å²) in [5.41, 5.74) is 4.88. The van der Waals surface area contributed by atoms with E-state index < -0.39 is 0 Å². The van der Waals surface area contributed by atoms with Crippen LogP contribution in [0.2, 0.25) is 0 Å². The molecule has 1 amide bonds. The molecule has 0 saturated carbocycles. The lowest BCUT2D eigenvalue weighted by Crippen LogP contribution is -2.19. The van der Waals surface area contributed by atoms with Crippen LogP contribution in [0.4, 0.5) is 0 Å². The van der Waals surface area contributed by atoms with Gasteiger partial charge in [0.15, 0.2) is 0 Å². The molecule has 1 N–H and O–H groups in total. The molecule has 0 spiro atoms. The molecule has 0 radical (unpaired) electrons. The van der Waals surface area contributed by atoms with Gasteiger partial charge in [-0.25, -0.2) is 5.43 Å². The van der Waals surface area contributed by atoms with Crippen LogP contribution in [0.15, 0.2) is 66.5 Å². The van der Waals surface area contributed by atoms with E-state index in [1.165, 1.54) is 0 Å². The molecule has 100 valence electrons. The molecule has 0 atom stereocenters. The number of nitrogens with zero attached hydrogens (tertiary/aromatic N) is 2. The molecular formula is C16H15N3O. The normalized spacial score (nSPS) is 10.4. The topological polar surface area (TPSA) is 54.4 Å². The van der Waals surface area contributed by atoms with E-state index >= 15 is 0 Å². The maximum atomic E-state index is 12.1. The van der Waals surface area contributed by atoms with Crippen molar-refractivity contribution >= 4 is 12.1 Å². The van der Waals surface area contributed by atoms with Crippen molar-refractivity contribution in [3.63, 3.8) is 0 Å². The highest BCUT2D eigenvalue weighted by Gasteiger charge is 2.08. The summed E-state index contributed by atoms with van der Waals surface area (Å²) in [5.74, 6) is -0.234. The van der Waals surface area contributed by atoms with Crippen molar-refractivity contribution in [3.05, 3.63) is 78.1 Å². The van der Waals surface area contributed by atoms with Crippen LogP contribution in [0, 0.1) is 0 Å². The number of carbonyl (C=O) groups excluding carboxylic acids is 1. The second-order valence-electron chi connectivity index (χ2n) is 4.14. The SMILES string of the molecule is C=CCc1ccccc1C(=O)N/N=C/c1cccnc1. The monoisotopic (exact) mass is 265 g/mol. The maximum absolute atomic E-state index is 12.1. The van der Waals surface area contributed by atoms with E-state index in [0.717, 1.165) is 11.1 Å². The average Bonchev–Trinajstić information content (AvgIpc) is 2.49. The summed E-state index contributed by atoms with van der Waals surface area (Å²) in [5, 5.41) is 3.93. The minimum atomic E-state index is -0.234. The van der Waals surface area contributed by atoms with E-state index in [1.54, 1.807) is 30.8 Å². The maximum Gasteiger partial charge on any atom is 0.271 e. The van der Waals surface area contributed by atoms with Crippen molar-refractivity contribution in [2.45, 2.75) is 6.42 Å². The van der Waals surface area contributed by atoms with Crippen molar-refractivity contribution in [1.29, 1.82) is 0 Å². The third-order valence-electron chi connectivity index (χ3n) is 2.69. The van der Waals surface area contributed by atoms with Crippen LogP contribution >= 0.6 is 0 Å². The number of pyridine rings is 1.